The van der Waals surface area contributed by atoms with Crippen LogP contribution in [0.4, 0.5) is 0 Å². The Morgan fingerprint density at radius 2 is 1.76 bits per heavy atom. The first kappa shape index (κ1) is 20.9. The summed E-state index contributed by atoms with van der Waals surface area (Å²) in [4.78, 5) is 17.5. The Kier molecular flexibility index (Phi) is 6.04. The molecule has 1 aliphatic heterocycles. The van der Waals surface area contributed by atoms with Gasteiger partial charge in [-0.3, -0.25) is 9.69 Å². The van der Waals surface area contributed by atoms with Gasteiger partial charge in [-0.05, 0) is 49.1 Å². The lowest BCUT2D eigenvalue weighted by molar-refractivity contribution is -0.157. The summed E-state index contributed by atoms with van der Waals surface area (Å²) >= 11 is 0. The quantitative estimate of drug-likeness (QED) is 0.640. The Balaban J connectivity index is 1.14. The highest BCUT2D eigenvalue weighted by Gasteiger charge is 2.62. The van der Waals surface area contributed by atoms with E-state index in [2.05, 4.69) is 60.9 Å². The van der Waals surface area contributed by atoms with Gasteiger partial charge in [-0.15, -0.1) is 0 Å². The molecule has 1 saturated heterocycles. The molecule has 1 aromatic carbocycles. The van der Waals surface area contributed by atoms with E-state index in [-0.39, 0.29) is 17.5 Å². The summed E-state index contributed by atoms with van der Waals surface area (Å²) in [5.41, 5.74) is 1.86. The van der Waals surface area contributed by atoms with E-state index in [4.69, 9.17) is 4.74 Å². The normalized spacial score (nSPS) is 31.8. The summed E-state index contributed by atoms with van der Waals surface area (Å²) in [6.07, 6.45) is 5.17. The van der Waals surface area contributed by atoms with Gasteiger partial charge in [0.25, 0.3) is 0 Å². The Morgan fingerprint density at radius 1 is 1.07 bits per heavy atom. The Morgan fingerprint density at radius 3 is 2.38 bits per heavy atom. The molecule has 160 valence electrons. The fourth-order valence-corrected chi connectivity index (χ4v) is 5.99. The number of fused-ring (bicyclic) bond motifs is 2. The molecule has 4 nitrogen and oxygen atoms in total. The van der Waals surface area contributed by atoms with Crippen molar-refractivity contribution in [1.29, 1.82) is 0 Å². The van der Waals surface area contributed by atoms with Gasteiger partial charge in [0, 0.05) is 44.6 Å². The topological polar surface area (TPSA) is 32.8 Å². The number of nitrogens with zero attached hydrogens (tertiary/aromatic N) is 2. The van der Waals surface area contributed by atoms with Crippen LogP contribution in [0.5, 0.6) is 0 Å². The van der Waals surface area contributed by atoms with E-state index < -0.39 is 0 Å². The van der Waals surface area contributed by atoms with Crippen molar-refractivity contribution in [2.45, 2.75) is 65.5 Å². The molecule has 4 rings (SSSR count). The monoisotopic (exact) mass is 398 g/mol. The van der Waals surface area contributed by atoms with Crippen molar-refractivity contribution in [1.82, 2.24) is 9.80 Å². The van der Waals surface area contributed by atoms with Gasteiger partial charge >= 0.3 is 5.97 Å². The van der Waals surface area contributed by atoms with E-state index in [1.807, 2.05) is 0 Å². The number of benzene rings is 1. The van der Waals surface area contributed by atoms with E-state index in [1.54, 1.807) is 0 Å². The van der Waals surface area contributed by atoms with Crippen LogP contribution in [-0.4, -0.2) is 54.6 Å². The van der Waals surface area contributed by atoms with Crippen molar-refractivity contribution in [2.24, 2.45) is 16.7 Å². The van der Waals surface area contributed by atoms with E-state index in [1.165, 1.54) is 18.4 Å². The SMILES string of the molecule is CC1(C)[C@H]2CC[C@]1(C)[C@H](OC(=O)CCCN1CCN(Cc3ccccc3)CC1)C2. The zero-order chi connectivity index (χ0) is 20.5. The minimum atomic E-state index is 0.0160. The molecular weight excluding hydrogens is 360 g/mol. The Bertz CT molecular complexity index is 696. The lowest BCUT2D eigenvalue weighted by Gasteiger charge is -2.38. The van der Waals surface area contributed by atoms with Crippen molar-refractivity contribution < 1.29 is 9.53 Å². The highest BCUT2D eigenvalue weighted by Crippen LogP contribution is 2.66. The number of carbonyl (C=O) groups excluding carboxylic acids is 1. The van der Waals surface area contributed by atoms with Crippen LogP contribution in [0.1, 0.15) is 58.4 Å². The third-order valence-electron chi connectivity index (χ3n) is 8.56. The smallest absolute Gasteiger partial charge is 0.306 e. The van der Waals surface area contributed by atoms with Gasteiger partial charge in [0.2, 0.25) is 0 Å². The molecule has 29 heavy (non-hydrogen) atoms. The van der Waals surface area contributed by atoms with E-state index in [0.29, 0.717) is 11.8 Å². The maximum absolute atomic E-state index is 12.5. The largest absolute Gasteiger partial charge is 0.462 e. The van der Waals surface area contributed by atoms with Crippen LogP contribution in [0, 0.1) is 16.7 Å². The van der Waals surface area contributed by atoms with Gasteiger partial charge in [-0.25, -0.2) is 0 Å². The molecule has 0 spiro atoms. The number of hydrogen-bond acceptors (Lipinski definition) is 4. The molecule has 3 fully saturated rings. The second-order valence-corrected chi connectivity index (χ2v) is 10.3. The maximum atomic E-state index is 12.5. The van der Waals surface area contributed by atoms with Gasteiger partial charge in [-0.2, -0.15) is 0 Å². The molecular formula is C25H38N2O2. The fourth-order valence-electron chi connectivity index (χ4n) is 5.99. The van der Waals surface area contributed by atoms with Crippen molar-refractivity contribution in [2.75, 3.05) is 32.7 Å². The molecule has 0 aromatic heterocycles. The molecule has 2 aliphatic carbocycles. The Labute approximate surface area is 176 Å². The van der Waals surface area contributed by atoms with Crippen LogP contribution in [0.2, 0.25) is 0 Å². The number of esters is 1. The average molecular weight is 399 g/mol. The summed E-state index contributed by atoms with van der Waals surface area (Å²) in [6.45, 7) is 13.5. The number of carbonyl (C=O) groups is 1. The molecule has 0 radical (unpaired) electrons. The van der Waals surface area contributed by atoms with Crippen LogP contribution < -0.4 is 0 Å². The molecule has 2 bridgehead atoms. The van der Waals surface area contributed by atoms with Crippen molar-refractivity contribution in [3.8, 4) is 0 Å². The van der Waals surface area contributed by atoms with Crippen LogP contribution in [0.25, 0.3) is 0 Å². The predicted molar refractivity (Wildman–Crippen MR) is 117 cm³/mol. The first-order valence-electron chi connectivity index (χ1n) is 11.6. The van der Waals surface area contributed by atoms with E-state index in [9.17, 15) is 4.79 Å². The standard InChI is InChI=1S/C25H38N2O2/c1-24(2)21-11-12-25(24,3)22(18-21)29-23(28)10-7-13-26-14-16-27(17-15-26)19-20-8-5-4-6-9-20/h4-6,8-9,21-22H,7,10-19H2,1-3H3/t21-,22+,25+/m0/s1. The first-order valence-corrected chi connectivity index (χ1v) is 11.6. The average Bonchev–Trinajstić information content (AvgIpc) is 3.04. The summed E-state index contributed by atoms with van der Waals surface area (Å²) in [5, 5.41) is 0. The van der Waals surface area contributed by atoms with Gasteiger partial charge < -0.3 is 9.64 Å². The molecule has 3 aliphatic rings. The second-order valence-electron chi connectivity index (χ2n) is 10.3. The highest BCUT2D eigenvalue weighted by molar-refractivity contribution is 5.69. The molecule has 1 heterocycles. The summed E-state index contributed by atoms with van der Waals surface area (Å²) < 4.78 is 5.99. The third-order valence-corrected chi connectivity index (χ3v) is 8.56. The number of rotatable bonds is 7. The van der Waals surface area contributed by atoms with Crippen molar-refractivity contribution >= 4 is 5.97 Å². The molecule has 4 heteroatoms. The molecule has 0 N–H and O–H groups in total. The van der Waals surface area contributed by atoms with Crippen molar-refractivity contribution in [3.63, 3.8) is 0 Å². The minimum Gasteiger partial charge on any atom is -0.462 e. The first-order chi connectivity index (χ1) is 13.9. The van der Waals surface area contributed by atoms with Crippen LogP contribution in [-0.2, 0) is 16.1 Å². The Hall–Kier alpha value is -1.39. The molecule has 2 saturated carbocycles. The molecule has 0 amide bonds. The minimum absolute atomic E-state index is 0.0160. The van der Waals surface area contributed by atoms with E-state index >= 15 is 0 Å². The van der Waals surface area contributed by atoms with Gasteiger partial charge in [0.1, 0.15) is 6.10 Å². The van der Waals surface area contributed by atoms with Gasteiger partial charge in [0.05, 0.1) is 0 Å². The summed E-state index contributed by atoms with van der Waals surface area (Å²) in [5.74, 6) is 0.736. The molecule has 3 atom stereocenters. The van der Waals surface area contributed by atoms with Crippen LogP contribution >= 0.6 is 0 Å². The van der Waals surface area contributed by atoms with Crippen LogP contribution in [0.3, 0.4) is 0 Å². The van der Waals surface area contributed by atoms with Gasteiger partial charge in [-0.1, -0.05) is 51.1 Å². The number of hydrogen-bond donors (Lipinski definition) is 0. The zero-order valence-corrected chi connectivity index (χ0v) is 18.5. The van der Waals surface area contributed by atoms with Gasteiger partial charge in [0.15, 0.2) is 0 Å². The highest BCUT2D eigenvalue weighted by atomic mass is 16.5. The summed E-state index contributed by atoms with van der Waals surface area (Å²) in [6, 6.07) is 10.7. The number of ether oxygens (including phenoxy) is 1. The third kappa shape index (κ3) is 4.25. The lowest BCUT2D eigenvalue weighted by atomic mass is 9.70. The number of piperazine rings is 1. The fraction of sp³-hybridized carbons (Fsp3) is 0.720. The van der Waals surface area contributed by atoms with Crippen LogP contribution in [0.15, 0.2) is 30.3 Å². The van der Waals surface area contributed by atoms with E-state index in [0.717, 1.165) is 58.0 Å². The zero-order valence-electron chi connectivity index (χ0n) is 18.5. The summed E-state index contributed by atoms with van der Waals surface area (Å²) in [7, 11) is 0. The lowest BCUT2D eigenvalue weighted by Crippen LogP contribution is -2.46. The predicted octanol–water partition coefficient (Wildman–Crippen LogP) is 4.34. The maximum Gasteiger partial charge on any atom is 0.306 e. The second kappa shape index (κ2) is 8.39. The van der Waals surface area contributed by atoms with Crippen molar-refractivity contribution in [3.05, 3.63) is 35.9 Å². The molecule has 1 aromatic rings. The molecule has 0 unspecified atom stereocenters.